The fraction of sp³-hybridized carbons (Fsp3) is 0.250. The molecule has 0 aromatic heterocycles. The van der Waals surface area contributed by atoms with Gasteiger partial charge in [0.2, 0.25) is 0 Å². The summed E-state index contributed by atoms with van der Waals surface area (Å²) in [5.74, 6) is -0.594. The number of aliphatic hydroxyl groups excluding tert-OH is 1. The van der Waals surface area contributed by atoms with Crippen LogP contribution < -0.4 is 5.73 Å². The van der Waals surface area contributed by atoms with Gasteiger partial charge in [-0.25, -0.2) is 4.39 Å². The Morgan fingerprint density at radius 2 is 2.00 bits per heavy atom. The lowest BCUT2D eigenvalue weighted by Gasteiger charge is -2.24. The van der Waals surface area contributed by atoms with Crippen LogP contribution >= 0.6 is 11.6 Å². The number of halogens is 2. The van der Waals surface area contributed by atoms with E-state index < -0.39 is 6.10 Å². The summed E-state index contributed by atoms with van der Waals surface area (Å²) >= 11 is 5.98. The molecule has 2 aromatic rings. The minimum atomic E-state index is -0.793. The first-order valence-electron chi connectivity index (χ1n) is 6.42. The predicted molar refractivity (Wildman–Crippen MR) is 79.3 cm³/mol. The summed E-state index contributed by atoms with van der Waals surface area (Å²) in [5, 5.41) is 11.2. The Balaban J connectivity index is 2.36. The van der Waals surface area contributed by atoms with Crippen LogP contribution in [-0.2, 0) is 0 Å². The Kier molecular flexibility index (Phi) is 4.76. The van der Waals surface area contributed by atoms with Gasteiger partial charge in [0.05, 0.1) is 6.10 Å². The number of nitrogens with two attached hydrogens (primary N) is 1. The molecule has 2 nitrogen and oxygen atoms in total. The molecular formula is C16H17ClFNO. The van der Waals surface area contributed by atoms with Crippen LogP contribution in [0, 0.1) is 12.7 Å². The van der Waals surface area contributed by atoms with Gasteiger partial charge in [-0.2, -0.15) is 0 Å². The molecule has 2 atom stereocenters. The normalized spacial score (nSPS) is 14.1. The Bertz CT molecular complexity index is 603. The van der Waals surface area contributed by atoms with Crippen LogP contribution in [0.5, 0.6) is 0 Å². The van der Waals surface area contributed by atoms with Gasteiger partial charge >= 0.3 is 0 Å². The van der Waals surface area contributed by atoms with E-state index in [1.54, 1.807) is 25.1 Å². The molecule has 0 amide bonds. The molecule has 4 heteroatoms. The van der Waals surface area contributed by atoms with Crippen LogP contribution in [0.3, 0.4) is 0 Å². The van der Waals surface area contributed by atoms with Gasteiger partial charge in [0.15, 0.2) is 0 Å². The Hall–Kier alpha value is -1.42. The highest BCUT2D eigenvalue weighted by Gasteiger charge is 2.23. The van der Waals surface area contributed by atoms with Crippen LogP contribution in [0.2, 0.25) is 5.02 Å². The lowest BCUT2D eigenvalue weighted by Crippen LogP contribution is -2.20. The van der Waals surface area contributed by atoms with Gasteiger partial charge in [-0.1, -0.05) is 29.8 Å². The number of hydrogen-bond donors (Lipinski definition) is 2. The van der Waals surface area contributed by atoms with E-state index in [4.69, 9.17) is 17.3 Å². The van der Waals surface area contributed by atoms with Crippen LogP contribution in [0.15, 0.2) is 42.5 Å². The molecule has 0 aliphatic carbocycles. The lowest BCUT2D eigenvalue weighted by molar-refractivity contribution is 0.146. The molecule has 3 N–H and O–H groups in total. The van der Waals surface area contributed by atoms with Crippen molar-refractivity contribution >= 4 is 11.6 Å². The minimum absolute atomic E-state index is 0.276. The summed E-state index contributed by atoms with van der Waals surface area (Å²) in [7, 11) is 0. The molecule has 2 rings (SSSR count). The van der Waals surface area contributed by atoms with Crippen molar-refractivity contribution in [2.45, 2.75) is 18.9 Å². The highest BCUT2D eigenvalue weighted by Crippen LogP contribution is 2.33. The summed E-state index contributed by atoms with van der Waals surface area (Å²) in [6, 6.07) is 11.6. The van der Waals surface area contributed by atoms with Gasteiger partial charge in [-0.05, 0) is 47.9 Å². The van der Waals surface area contributed by atoms with Gasteiger partial charge in [0, 0.05) is 17.5 Å². The number of benzene rings is 2. The van der Waals surface area contributed by atoms with E-state index in [1.807, 2.05) is 12.1 Å². The number of aliphatic hydroxyl groups is 1. The van der Waals surface area contributed by atoms with E-state index in [1.165, 1.54) is 12.1 Å². The van der Waals surface area contributed by atoms with Crippen molar-refractivity contribution in [3.05, 3.63) is 70.0 Å². The largest absolute Gasteiger partial charge is 0.388 e. The van der Waals surface area contributed by atoms with E-state index in [0.717, 1.165) is 5.56 Å². The van der Waals surface area contributed by atoms with E-state index in [9.17, 15) is 9.50 Å². The summed E-state index contributed by atoms with van der Waals surface area (Å²) in [6.45, 7) is 2.05. The van der Waals surface area contributed by atoms with Crippen molar-refractivity contribution in [2.75, 3.05) is 6.54 Å². The Labute approximate surface area is 123 Å². The van der Waals surface area contributed by atoms with Crippen LogP contribution in [-0.4, -0.2) is 11.7 Å². The molecule has 0 saturated carbocycles. The first-order chi connectivity index (χ1) is 9.52. The lowest BCUT2D eigenvalue weighted by atomic mass is 9.87. The van der Waals surface area contributed by atoms with Gasteiger partial charge in [-0.3, -0.25) is 0 Å². The van der Waals surface area contributed by atoms with E-state index in [-0.39, 0.29) is 18.3 Å². The molecule has 0 fully saturated rings. The zero-order chi connectivity index (χ0) is 14.7. The quantitative estimate of drug-likeness (QED) is 0.905. The minimum Gasteiger partial charge on any atom is -0.388 e. The molecule has 20 heavy (non-hydrogen) atoms. The van der Waals surface area contributed by atoms with Gasteiger partial charge < -0.3 is 10.8 Å². The molecule has 0 spiro atoms. The van der Waals surface area contributed by atoms with Crippen LogP contribution in [0.25, 0.3) is 0 Å². The van der Waals surface area contributed by atoms with Crippen molar-refractivity contribution < 1.29 is 9.50 Å². The molecule has 0 saturated heterocycles. The van der Waals surface area contributed by atoms with Crippen LogP contribution in [0.4, 0.5) is 4.39 Å². The monoisotopic (exact) mass is 293 g/mol. The highest BCUT2D eigenvalue weighted by atomic mass is 35.5. The molecule has 0 aliphatic heterocycles. The molecule has 0 bridgehead atoms. The van der Waals surface area contributed by atoms with Crippen molar-refractivity contribution in [1.82, 2.24) is 0 Å². The highest BCUT2D eigenvalue weighted by molar-refractivity contribution is 6.30. The Morgan fingerprint density at radius 1 is 1.25 bits per heavy atom. The summed E-state index contributed by atoms with van der Waals surface area (Å²) in [5.41, 5.74) is 8.06. The van der Waals surface area contributed by atoms with Crippen molar-refractivity contribution in [1.29, 1.82) is 0 Å². The average molecular weight is 294 g/mol. The maximum absolute atomic E-state index is 13.1. The maximum Gasteiger partial charge on any atom is 0.123 e. The average Bonchev–Trinajstić information content (AvgIpc) is 2.39. The standard InChI is InChI=1S/C16H17ClFNO/c1-10-7-13(18)5-6-14(10)16(20)15(9-19)11-3-2-4-12(17)8-11/h2-8,15-16,20H,9,19H2,1H3. The first kappa shape index (κ1) is 15.0. The van der Waals surface area contributed by atoms with Gasteiger partial charge in [0.25, 0.3) is 0 Å². The van der Waals surface area contributed by atoms with Crippen molar-refractivity contribution in [3.63, 3.8) is 0 Å². The predicted octanol–water partition coefficient (Wildman–Crippen LogP) is 3.56. The molecule has 0 aliphatic rings. The molecule has 2 unspecified atom stereocenters. The second-order valence-electron chi connectivity index (χ2n) is 4.84. The molecule has 2 aromatic carbocycles. The van der Waals surface area contributed by atoms with Gasteiger partial charge in [0.1, 0.15) is 5.82 Å². The first-order valence-corrected chi connectivity index (χ1v) is 6.80. The fourth-order valence-corrected chi connectivity index (χ4v) is 2.57. The second kappa shape index (κ2) is 6.35. The van der Waals surface area contributed by atoms with E-state index in [0.29, 0.717) is 16.1 Å². The third kappa shape index (κ3) is 3.18. The van der Waals surface area contributed by atoms with Gasteiger partial charge in [-0.15, -0.1) is 0 Å². The molecule has 0 radical (unpaired) electrons. The molecule has 0 heterocycles. The molecular weight excluding hydrogens is 277 g/mol. The fourth-order valence-electron chi connectivity index (χ4n) is 2.37. The second-order valence-corrected chi connectivity index (χ2v) is 5.28. The van der Waals surface area contributed by atoms with E-state index in [2.05, 4.69) is 0 Å². The van der Waals surface area contributed by atoms with Crippen LogP contribution in [0.1, 0.15) is 28.7 Å². The number of rotatable bonds is 4. The zero-order valence-electron chi connectivity index (χ0n) is 11.2. The summed E-state index contributed by atoms with van der Waals surface area (Å²) in [6.07, 6.45) is -0.793. The van der Waals surface area contributed by atoms with Crippen molar-refractivity contribution in [3.8, 4) is 0 Å². The topological polar surface area (TPSA) is 46.2 Å². The number of aryl methyl sites for hydroxylation is 1. The SMILES string of the molecule is Cc1cc(F)ccc1C(O)C(CN)c1cccc(Cl)c1. The summed E-state index contributed by atoms with van der Waals surface area (Å²) < 4.78 is 13.1. The third-order valence-corrected chi connectivity index (χ3v) is 3.70. The van der Waals surface area contributed by atoms with E-state index >= 15 is 0 Å². The Morgan fingerprint density at radius 3 is 2.60 bits per heavy atom. The summed E-state index contributed by atoms with van der Waals surface area (Å²) in [4.78, 5) is 0. The smallest absolute Gasteiger partial charge is 0.123 e. The maximum atomic E-state index is 13.1. The number of hydrogen-bond acceptors (Lipinski definition) is 2. The zero-order valence-corrected chi connectivity index (χ0v) is 11.9. The van der Waals surface area contributed by atoms with Crippen molar-refractivity contribution in [2.24, 2.45) is 5.73 Å². The molecule has 106 valence electrons. The third-order valence-electron chi connectivity index (χ3n) is 3.46.